The van der Waals surface area contributed by atoms with Crippen molar-refractivity contribution in [3.05, 3.63) is 41.1 Å². The highest BCUT2D eigenvalue weighted by molar-refractivity contribution is 6.17. The minimum atomic E-state index is -0.542. The van der Waals surface area contributed by atoms with E-state index in [0.29, 0.717) is 5.69 Å². The molecule has 7 heteroatoms. The Balaban J connectivity index is 2.27. The summed E-state index contributed by atoms with van der Waals surface area (Å²) >= 11 is 0. The van der Waals surface area contributed by atoms with Gasteiger partial charge in [0.15, 0.2) is 0 Å². The monoisotopic (exact) mass is 318 g/mol. The van der Waals surface area contributed by atoms with Crippen LogP contribution >= 0.6 is 0 Å². The molecule has 2 rings (SSSR count). The van der Waals surface area contributed by atoms with Gasteiger partial charge in [0.1, 0.15) is 5.70 Å². The molecular weight excluding hydrogens is 300 g/mol. The summed E-state index contributed by atoms with van der Waals surface area (Å²) in [6, 6.07) is 5.07. The highest BCUT2D eigenvalue weighted by Crippen LogP contribution is 2.23. The Morgan fingerprint density at radius 2 is 2.09 bits per heavy atom. The Bertz CT molecular complexity index is 681. The third kappa shape index (κ3) is 3.57. The third-order valence-corrected chi connectivity index (χ3v) is 3.27. The number of anilines is 1. The van der Waals surface area contributed by atoms with Gasteiger partial charge in [0.25, 0.3) is 11.8 Å². The summed E-state index contributed by atoms with van der Waals surface area (Å²) in [6.45, 7) is 3.39. The quantitative estimate of drug-likeness (QED) is 0.596. The van der Waals surface area contributed by atoms with E-state index in [1.807, 2.05) is 6.92 Å². The Morgan fingerprint density at radius 3 is 2.74 bits per heavy atom. The lowest BCUT2D eigenvalue weighted by Gasteiger charge is -2.15. The summed E-state index contributed by atoms with van der Waals surface area (Å²) in [4.78, 5) is 36.8. The van der Waals surface area contributed by atoms with Gasteiger partial charge in [-0.25, -0.2) is 4.79 Å². The van der Waals surface area contributed by atoms with Gasteiger partial charge in [-0.2, -0.15) is 0 Å². The lowest BCUT2D eigenvalue weighted by atomic mass is 10.1. The molecule has 0 radical (unpaired) electrons. The average molecular weight is 318 g/mol. The number of aryl methyl sites for hydroxylation is 1. The van der Waals surface area contributed by atoms with Gasteiger partial charge in [-0.05, 0) is 26.0 Å². The van der Waals surface area contributed by atoms with E-state index in [9.17, 15) is 14.4 Å². The van der Waals surface area contributed by atoms with E-state index in [2.05, 4.69) is 5.32 Å². The number of imide groups is 1. The summed E-state index contributed by atoms with van der Waals surface area (Å²) in [6.07, 6.45) is 1.15. The zero-order chi connectivity index (χ0) is 17.0. The van der Waals surface area contributed by atoms with Gasteiger partial charge in [0.2, 0.25) is 0 Å². The fraction of sp³-hybridized carbons (Fsp3) is 0.312. The molecule has 0 atom stereocenters. The van der Waals surface area contributed by atoms with Crippen LogP contribution in [0.2, 0.25) is 0 Å². The summed E-state index contributed by atoms with van der Waals surface area (Å²) < 4.78 is 5.00. The fourth-order valence-corrected chi connectivity index (χ4v) is 2.20. The molecule has 1 heterocycles. The molecule has 23 heavy (non-hydrogen) atoms. The maximum Gasteiger partial charge on any atom is 0.340 e. The number of carbonyl (C=O) groups excluding carboxylic acids is 3. The molecule has 0 bridgehead atoms. The number of β-amino-alcohol motifs (C(OH)–C–C–N with tert-alkyl or cyclic N) is 1. The van der Waals surface area contributed by atoms with E-state index in [-0.39, 0.29) is 31.0 Å². The van der Waals surface area contributed by atoms with Gasteiger partial charge in [-0.3, -0.25) is 14.5 Å². The number of hydrogen-bond acceptors (Lipinski definition) is 6. The first-order valence-corrected chi connectivity index (χ1v) is 7.21. The predicted octanol–water partition coefficient (Wildman–Crippen LogP) is 0.829. The Hall–Kier alpha value is -2.67. The van der Waals surface area contributed by atoms with E-state index >= 15 is 0 Å². The SMILES string of the molecule is CCOC(=O)c1cc(C)ccc1NC1=CC(=O)N(CCO)C1=O. The maximum atomic E-state index is 12.1. The standard InChI is InChI=1S/C16H18N2O5/c1-3-23-16(22)11-8-10(2)4-5-12(11)17-13-9-14(20)18(6-7-19)15(13)21/h4-5,8-9,17,19H,3,6-7H2,1-2H3. The van der Waals surface area contributed by atoms with Crippen LogP contribution in [-0.4, -0.2) is 47.5 Å². The van der Waals surface area contributed by atoms with Gasteiger partial charge < -0.3 is 15.2 Å². The van der Waals surface area contributed by atoms with Crippen LogP contribution < -0.4 is 5.32 Å². The van der Waals surface area contributed by atoms with Gasteiger partial charge in [0, 0.05) is 6.08 Å². The van der Waals surface area contributed by atoms with Crippen molar-refractivity contribution in [1.82, 2.24) is 4.90 Å². The highest BCUT2D eigenvalue weighted by atomic mass is 16.5. The number of hydrogen-bond donors (Lipinski definition) is 2. The van der Waals surface area contributed by atoms with E-state index in [1.54, 1.807) is 25.1 Å². The van der Waals surface area contributed by atoms with Crippen molar-refractivity contribution < 1.29 is 24.2 Å². The second-order valence-corrected chi connectivity index (χ2v) is 4.97. The molecule has 0 spiro atoms. The van der Waals surface area contributed by atoms with Crippen LogP contribution in [0.1, 0.15) is 22.8 Å². The molecule has 0 aliphatic carbocycles. The van der Waals surface area contributed by atoms with Crippen LogP contribution in [-0.2, 0) is 14.3 Å². The number of aliphatic hydroxyl groups is 1. The summed E-state index contributed by atoms with van der Waals surface area (Å²) in [5.41, 5.74) is 1.59. The number of esters is 1. The summed E-state index contributed by atoms with van der Waals surface area (Å²) in [5.74, 6) is -1.56. The molecule has 0 aromatic heterocycles. The van der Waals surface area contributed by atoms with E-state index in [1.165, 1.54) is 0 Å². The van der Waals surface area contributed by atoms with Crippen LogP contribution in [0.3, 0.4) is 0 Å². The second-order valence-electron chi connectivity index (χ2n) is 4.97. The number of rotatable bonds is 6. The number of carbonyl (C=O) groups is 3. The second kappa shape index (κ2) is 7.06. The topological polar surface area (TPSA) is 95.9 Å². The average Bonchev–Trinajstić information content (AvgIpc) is 2.77. The Kier molecular flexibility index (Phi) is 5.13. The molecule has 2 N–H and O–H groups in total. The molecule has 1 aromatic carbocycles. The summed E-state index contributed by atoms with van der Waals surface area (Å²) in [5, 5.41) is 11.7. The molecular formula is C16H18N2O5. The number of benzene rings is 1. The number of nitrogens with one attached hydrogen (secondary N) is 1. The van der Waals surface area contributed by atoms with Crippen LogP contribution in [0, 0.1) is 6.92 Å². The molecule has 0 saturated carbocycles. The van der Waals surface area contributed by atoms with Crippen molar-refractivity contribution in [1.29, 1.82) is 0 Å². The van der Waals surface area contributed by atoms with Crippen molar-refractivity contribution in [3.8, 4) is 0 Å². The highest BCUT2D eigenvalue weighted by Gasteiger charge is 2.31. The Labute approximate surface area is 133 Å². The van der Waals surface area contributed by atoms with Crippen molar-refractivity contribution in [2.75, 3.05) is 25.1 Å². The van der Waals surface area contributed by atoms with Crippen molar-refractivity contribution in [3.63, 3.8) is 0 Å². The molecule has 0 fully saturated rings. The van der Waals surface area contributed by atoms with Gasteiger partial charge in [0.05, 0.1) is 31.0 Å². The largest absolute Gasteiger partial charge is 0.462 e. The van der Waals surface area contributed by atoms with E-state index in [0.717, 1.165) is 16.5 Å². The third-order valence-electron chi connectivity index (χ3n) is 3.27. The number of ether oxygens (including phenoxy) is 1. The van der Waals surface area contributed by atoms with Gasteiger partial charge in [-0.1, -0.05) is 11.6 Å². The first kappa shape index (κ1) is 16.7. The lowest BCUT2D eigenvalue weighted by Crippen LogP contribution is -2.34. The van der Waals surface area contributed by atoms with Crippen LogP contribution in [0.25, 0.3) is 0 Å². The minimum Gasteiger partial charge on any atom is -0.462 e. The molecule has 2 amide bonds. The Morgan fingerprint density at radius 1 is 1.35 bits per heavy atom. The molecule has 0 saturated heterocycles. The molecule has 1 aromatic rings. The van der Waals surface area contributed by atoms with Crippen molar-refractivity contribution >= 4 is 23.5 Å². The van der Waals surface area contributed by atoms with E-state index < -0.39 is 17.8 Å². The molecule has 7 nitrogen and oxygen atoms in total. The van der Waals surface area contributed by atoms with Gasteiger partial charge >= 0.3 is 5.97 Å². The van der Waals surface area contributed by atoms with Gasteiger partial charge in [-0.15, -0.1) is 0 Å². The number of aliphatic hydroxyl groups excluding tert-OH is 1. The normalized spacial score (nSPS) is 14.0. The van der Waals surface area contributed by atoms with Crippen molar-refractivity contribution in [2.24, 2.45) is 0 Å². The minimum absolute atomic E-state index is 0.0536. The first-order valence-electron chi connectivity index (χ1n) is 7.21. The predicted molar refractivity (Wildman–Crippen MR) is 82.6 cm³/mol. The molecule has 1 aliphatic rings. The van der Waals surface area contributed by atoms with Crippen LogP contribution in [0.4, 0.5) is 5.69 Å². The molecule has 1 aliphatic heterocycles. The van der Waals surface area contributed by atoms with Crippen LogP contribution in [0.15, 0.2) is 30.0 Å². The first-order chi connectivity index (χ1) is 11.0. The van der Waals surface area contributed by atoms with Crippen LogP contribution in [0.5, 0.6) is 0 Å². The molecule has 122 valence electrons. The number of nitrogens with zero attached hydrogens (tertiary/aromatic N) is 1. The fourth-order valence-electron chi connectivity index (χ4n) is 2.20. The molecule has 0 unspecified atom stereocenters. The zero-order valence-electron chi connectivity index (χ0n) is 13.0. The van der Waals surface area contributed by atoms with Crippen molar-refractivity contribution in [2.45, 2.75) is 13.8 Å². The van der Waals surface area contributed by atoms with E-state index in [4.69, 9.17) is 9.84 Å². The zero-order valence-corrected chi connectivity index (χ0v) is 13.0. The lowest BCUT2D eigenvalue weighted by molar-refractivity contribution is -0.137. The smallest absolute Gasteiger partial charge is 0.340 e. The summed E-state index contributed by atoms with van der Waals surface area (Å²) in [7, 11) is 0. The number of amides is 2. The maximum absolute atomic E-state index is 12.1.